The second-order valence-electron chi connectivity index (χ2n) is 1.65. The number of benzene rings is 1. The van der Waals surface area contributed by atoms with Crippen molar-refractivity contribution in [3.8, 4) is 0 Å². The van der Waals surface area contributed by atoms with Gasteiger partial charge in [-0.25, -0.2) is 0 Å². The standard InChI is InChI=1S/C7H8.2Ca/c1-7-5-3-2-4-6-7;;/h2-6H,1H3;;. The van der Waals surface area contributed by atoms with Crippen molar-refractivity contribution in [2.75, 3.05) is 0 Å². The Balaban J connectivity index is 0. The predicted molar refractivity (Wildman–Crippen MR) is 42.7 cm³/mol. The molecule has 0 saturated carbocycles. The molecule has 0 N–H and O–H groups in total. The van der Waals surface area contributed by atoms with Gasteiger partial charge in [-0.2, -0.15) is 0 Å². The van der Waals surface area contributed by atoms with Crippen LogP contribution in [0.15, 0.2) is 30.3 Å². The van der Waals surface area contributed by atoms with Crippen LogP contribution in [0.2, 0.25) is 0 Å². The average molecular weight is 172 g/mol. The molecule has 40 valence electrons. The fraction of sp³-hybridized carbons (Fsp3) is 0.143. The van der Waals surface area contributed by atoms with E-state index in [-0.39, 0.29) is 75.5 Å². The van der Waals surface area contributed by atoms with Gasteiger partial charge in [-0.3, -0.25) is 0 Å². The molecule has 2 heteroatoms. The summed E-state index contributed by atoms with van der Waals surface area (Å²) in [6.45, 7) is 2.08. The quantitative estimate of drug-likeness (QED) is 0.516. The first-order valence-electron chi connectivity index (χ1n) is 2.41. The first kappa shape index (κ1) is 13.3. The van der Waals surface area contributed by atoms with E-state index in [1.54, 1.807) is 0 Å². The fourth-order valence-corrected chi connectivity index (χ4v) is 0.534. The van der Waals surface area contributed by atoms with Crippen molar-refractivity contribution in [3.05, 3.63) is 35.9 Å². The van der Waals surface area contributed by atoms with Crippen LogP contribution >= 0.6 is 0 Å². The maximum Gasteiger partial charge on any atom is 0 e. The Labute approximate surface area is 116 Å². The van der Waals surface area contributed by atoms with Gasteiger partial charge in [-0.05, 0) is 6.92 Å². The molecule has 0 aliphatic carbocycles. The summed E-state index contributed by atoms with van der Waals surface area (Å²) in [6, 6.07) is 10.3. The van der Waals surface area contributed by atoms with Gasteiger partial charge in [-0.15, -0.1) is 0 Å². The minimum Gasteiger partial charge on any atom is -0.0622 e. The minimum atomic E-state index is 0. The molecule has 0 amide bonds. The summed E-state index contributed by atoms with van der Waals surface area (Å²) in [4.78, 5) is 0. The van der Waals surface area contributed by atoms with Gasteiger partial charge in [0.2, 0.25) is 0 Å². The molecule has 0 spiro atoms. The summed E-state index contributed by atoms with van der Waals surface area (Å²) in [7, 11) is 0. The Bertz CT molecular complexity index is 137. The fourth-order valence-electron chi connectivity index (χ4n) is 0.534. The van der Waals surface area contributed by atoms with Crippen molar-refractivity contribution in [2.45, 2.75) is 6.92 Å². The van der Waals surface area contributed by atoms with E-state index in [2.05, 4.69) is 19.1 Å². The Morgan fingerprint density at radius 2 is 1.33 bits per heavy atom. The van der Waals surface area contributed by atoms with Crippen LogP contribution in [0, 0.1) is 6.92 Å². The zero-order chi connectivity index (χ0) is 5.11. The molecular weight excluding hydrogens is 164 g/mol. The van der Waals surface area contributed by atoms with Crippen LogP contribution in [-0.2, 0) is 0 Å². The Morgan fingerprint density at radius 3 is 1.56 bits per heavy atom. The van der Waals surface area contributed by atoms with E-state index in [4.69, 9.17) is 0 Å². The van der Waals surface area contributed by atoms with Crippen molar-refractivity contribution in [1.82, 2.24) is 0 Å². The average Bonchev–Trinajstić information content (AvgIpc) is 1.69. The number of rotatable bonds is 0. The first-order chi connectivity index (χ1) is 3.39. The maximum atomic E-state index is 2.08. The monoisotopic (exact) mass is 172 g/mol. The van der Waals surface area contributed by atoms with Crippen LogP contribution in [0.25, 0.3) is 0 Å². The Hall–Kier alpha value is 1.74. The summed E-state index contributed by atoms with van der Waals surface area (Å²) in [5.74, 6) is 0. The van der Waals surface area contributed by atoms with Gasteiger partial charge in [0.05, 0.1) is 0 Å². The zero-order valence-electron chi connectivity index (χ0n) is 5.80. The second kappa shape index (κ2) is 7.84. The number of aryl methyl sites for hydroxylation is 1. The number of hydrogen-bond acceptors (Lipinski definition) is 0. The Morgan fingerprint density at radius 1 is 0.889 bits per heavy atom. The molecule has 1 rings (SSSR count). The van der Waals surface area contributed by atoms with Crippen LogP contribution in [0.5, 0.6) is 0 Å². The van der Waals surface area contributed by atoms with Crippen molar-refractivity contribution in [2.24, 2.45) is 0 Å². The van der Waals surface area contributed by atoms with Gasteiger partial charge in [0, 0.05) is 75.5 Å². The summed E-state index contributed by atoms with van der Waals surface area (Å²) in [5, 5.41) is 0. The van der Waals surface area contributed by atoms with Gasteiger partial charge < -0.3 is 0 Å². The molecule has 0 saturated heterocycles. The molecule has 0 atom stereocenters. The number of hydrogen-bond donors (Lipinski definition) is 0. The van der Waals surface area contributed by atoms with Gasteiger partial charge in [-0.1, -0.05) is 35.9 Å². The molecule has 0 fully saturated rings. The van der Waals surface area contributed by atoms with Crippen LogP contribution in [0.3, 0.4) is 0 Å². The summed E-state index contributed by atoms with van der Waals surface area (Å²) in [6.07, 6.45) is 0. The molecule has 9 heavy (non-hydrogen) atoms. The van der Waals surface area contributed by atoms with Crippen LogP contribution in [-0.4, -0.2) is 75.5 Å². The third-order valence-electron chi connectivity index (χ3n) is 0.940. The third kappa shape index (κ3) is 6.15. The van der Waals surface area contributed by atoms with E-state index in [0.29, 0.717) is 0 Å². The van der Waals surface area contributed by atoms with Gasteiger partial charge in [0.15, 0.2) is 0 Å². The van der Waals surface area contributed by atoms with Crippen LogP contribution in [0.1, 0.15) is 5.56 Å². The van der Waals surface area contributed by atoms with E-state index in [1.807, 2.05) is 18.2 Å². The van der Waals surface area contributed by atoms with E-state index in [9.17, 15) is 0 Å². The molecule has 0 aromatic heterocycles. The minimum absolute atomic E-state index is 0. The van der Waals surface area contributed by atoms with E-state index in [1.165, 1.54) is 5.56 Å². The van der Waals surface area contributed by atoms with Gasteiger partial charge in [0.1, 0.15) is 0 Å². The summed E-state index contributed by atoms with van der Waals surface area (Å²) < 4.78 is 0. The van der Waals surface area contributed by atoms with Gasteiger partial charge in [0.25, 0.3) is 0 Å². The molecule has 1 aromatic carbocycles. The topological polar surface area (TPSA) is 0 Å². The normalized spacial score (nSPS) is 6.78. The maximum absolute atomic E-state index is 2.08. The molecule has 0 unspecified atom stereocenters. The first-order valence-corrected chi connectivity index (χ1v) is 2.41. The summed E-state index contributed by atoms with van der Waals surface area (Å²) in [5.41, 5.74) is 1.32. The molecule has 0 heterocycles. The smallest absolute Gasteiger partial charge is 0 e. The predicted octanol–water partition coefficient (Wildman–Crippen LogP) is 1.23. The zero-order valence-corrected chi connectivity index (χ0v) is 10.2. The molecular formula is C7H8Ca2. The van der Waals surface area contributed by atoms with Crippen molar-refractivity contribution in [3.63, 3.8) is 0 Å². The van der Waals surface area contributed by atoms with E-state index in [0.717, 1.165) is 0 Å². The Kier molecular flexibility index (Phi) is 11.6. The molecule has 4 radical (unpaired) electrons. The SMILES string of the molecule is Cc1ccccc1.[Ca].[Ca]. The van der Waals surface area contributed by atoms with Gasteiger partial charge >= 0.3 is 0 Å². The molecule has 0 bridgehead atoms. The van der Waals surface area contributed by atoms with Crippen molar-refractivity contribution >= 4 is 75.5 Å². The largest absolute Gasteiger partial charge is 0.0622 e. The van der Waals surface area contributed by atoms with E-state index >= 15 is 0 Å². The molecule has 0 nitrogen and oxygen atoms in total. The third-order valence-corrected chi connectivity index (χ3v) is 0.940. The van der Waals surface area contributed by atoms with Crippen LogP contribution < -0.4 is 0 Å². The summed E-state index contributed by atoms with van der Waals surface area (Å²) >= 11 is 0. The molecule has 0 aliphatic rings. The molecule has 1 aromatic rings. The van der Waals surface area contributed by atoms with Crippen LogP contribution in [0.4, 0.5) is 0 Å². The van der Waals surface area contributed by atoms with Crippen molar-refractivity contribution in [1.29, 1.82) is 0 Å². The molecule has 0 aliphatic heterocycles. The van der Waals surface area contributed by atoms with E-state index < -0.39 is 0 Å². The van der Waals surface area contributed by atoms with Crippen molar-refractivity contribution < 1.29 is 0 Å². The second-order valence-corrected chi connectivity index (χ2v) is 1.65.